The van der Waals surface area contributed by atoms with Gasteiger partial charge in [-0.05, 0) is 16.7 Å². The summed E-state index contributed by atoms with van der Waals surface area (Å²) >= 11 is 5.88. The number of fused-ring (bicyclic) bond motifs is 1. The lowest BCUT2D eigenvalue weighted by Crippen LogP contribution is -2.47. The zero-order valence-electron chi connectivity index (χ0n) is 7.54. The third-order valence-corrected chi connectivity index (χ3v) is 2.73. The molecule has 1 amide bonds. The van der Waals surface area contributed by atoms with Crippen molar-refractivity contribution in [2.45, 2.75) is 5.50 Å². The smallest absolute Gasteiger partial charge is 0.431 e. The van der Waals surface area contributed by atoms with Crippen LogP contribution >= 0.6 is 11.6 Å². The minimum Gasteiger partial charge on any atom is -0.431 e. The van der Waals surface area contributed by atoms with E-state index >= 15 is 0 Å². The molecular weight excluding hydrogens is 220 g/mol. The Bertz CT molecular complexity index is 449. The van der Waals surface area contributed by atoms with E-state index in [0.29, 0.717) is 11.1 Å². The van der Waals surface area contributed by atoms with Crippen LogP contribution < -0.4 is 0 Å². The first kappa shape index (κ1) is 10.1. The number of halogens is 1. The van der Waals surface area contributed by atoms with Crippen LogP contribution in [0.25, 0.3) is 0 Å². The van der Waals surface area contributed by atoms with Crippen molar-refractivity contribution in [2.24, 2.45) is 5.10 Å². The van der Waals surface area contributed by atoms with Gasteiger partial charge in [-0.1, -0.05) is 24.3 Å². The van der Waals surface area contributed by atoms with Gasteiger partial charge in [-0.15, -0.1) is 0 Å². The highest BCUT2D eigenvalue weighted by Crippen LogP contribution is 2.35. The predicted octanol–water partition coefficient (Wildman–Crippen LogP) is 2.16. The highest BCUT2D eigenvalue weighted by atomic mass is 35.5. The molecule has 1 aromatic rings. The number of amides is 1. The van der Waals surface area contributed by atoms with E-state index < -0.39 is 16.3 Å². The Balaban J connectivity index is 2.54. The molecule has 78 valence electrons. The van der Waals surface area contributed by atoms with Crippen molar-refractivity contribution in [3.63, 3.8) is 0 Å². The molecule has 0 saturated heterocycles. The van der Waals surface area contributed by atoms with Crippen LogP contribution in [0.1, 0.15) is 16.6 Å². The van der Waals surface area contributed by atoms with E-state index in [-0.39, 0.29) is 0 Å². The van der Waals surface area contributed by atoms with Gasteiger partial charge in [0, 0.05) is 11.1 Å². The van der Waals surface area contributed by atoms with Crippen LogP contribution in [0, 0.1) is 0 Å². The van der Waals surface area contributed by atoms with Gasteiger partial charge in [0.05, 0.1) is 11.0 Å². The van der Waals surface area contributed by atoms with Gasteiger partial charge in [-0.3, -0.25) is 0 Å². The Kier molecular flexibility index (Phi) is 2.22. The Morgan fingerprint density at radius 3 is 2.80 bits per heavy atom. The summed E-state index contributed by atoms with van der Waals surface area (Å²) in [5.41, 5.74) is 0.115. The second kappa shape index (κ2) is 3.30. The summed E-state index contributed by atoms with van der Waals surface area (Å²) in [6.45, 7) is 0. The molecule has 0 radical (unpaired) electrons. The summed E-state index contributed by atoms with van der Waals surface area (Å²) < 4.78 is -1.57. The molecule has 0 spiro atoms. The molecule has 1 heterocycles. The number of carboxylic acid groups (broad SMARTS) is 1. The Labute approximate surface area is 90.4 Å². The van der Waals surface area contributed by atoms with Gasteiger partial charge in [-0.25, -0.2) is 0 Å². The number of quaternary nitrogens is 1. The number of hydrogen-bond donors (Lipinski definition) is 2. The van der Waals surface area contributed by atoms with Crippen LogP contribution in [0.3, 0.4) is 0 Å². The van der Waals surface area contributed by atoms with Gasteiger partial charge in [0.2, 0.25) is 0 Å². The summed E-state index contributed by atoms with van der Waals surface area (Å²) in [6.07, 6.45) is -0.219. The molecular formula is C9H8ClN2O3+. The number of hydrogen-bond acceptors (Lipinski definition) is 3. The first-order chi connectivity index (χ1) is 7.05. The molecule has 2 atom stereocenters. The van der Waals surface area contributed by atoms with E-state index in [4.69, 9.17) is 16.7 Å². The minimum atomic E-state index is -1.57. The van der Waals surface area contributed by atoms with E-state index in [9.17, 15) is 10.0 Å². The van der Waals surface area contributed by atoms with E-state index in [2.05, 4.69) is 5.10 Å². The normalized spacial score (nSPS) is 28.5. The van der Waals surface area contributed by atoms with Gasteiger partial charge in [-0.2, -0.15) is 10.0 Å². The number of carbonyl (C=O) groups is 1. The van der Waals surface area contributed by atoms with Crippen LogP contribution in [-0.2, 0) is 0 Å². The monoisotopic (exact) mass is 227 g/mol. The van der Waals surface area contributed by atoms with Crippen LogP contribution in [0.15, 0.2) is 29.4 Å². The maximum absolute atomic E-state index is 10.8. The third-order valence-electron chi connectivity index (χ3n) is 2.22. The maximum Gasteiger partial charge on any atom is 0.577 e. The number of nitrogens with zero attached hydrogens (tertiary/aromatic N) is 2. The van der Waals surface area contributed by atoms with Crippen LogP contribution in [0.4, 0.5) is 4.79 Å². The third kappa shape index (κ3) is 1.41. The SMILES string of the molecule is O=C(O)[N+]1(O)N=Cc2ccccc2C1Cl. The zero-order chi connectivity index (χ0) is 11.1. The minimum absolute atomic E-state index is 0.541. The zero-order valence-corrected chi connectivity index (χ0v) is 8.30. The maximum atomic E-state index is 10.8. The molecule has 0 fully saturated rings. The molecule has 0 aromatic heterocycles. The van der Waals surface area contributed by atoms with Crippen molar-refractivity contribution in [2.75, 3.05) is 0 Å². The first-order valence-electron chi connectivity index (χ1n) is 4.19. The van der Waals surface area contributed by atoms with Gasteiger partial charge in [0.15, 0.2) is 0 Å². The molecule has 1 aliphatic rings. The quantitative estimate of drug-likeness (QED) is 0.309. The summed E-state index contributed by atoms with van der Waals surface area (Å²) in [5, 5.41) is 22.0. The molecule has 0 saturated carbocycles. The highest BCUT2D eigenvalue weighted by Gasteiger charge is 2.48. The van der Waals surface area contributed by atoms with Gasteiger partial charge in [0.25, 0.3) is 5.50 Å². The van der Waals surface area contributed by atoms with Crippen LogP contribution in [-0.4, -0.2) is 27.4 Å². The van der Waals surface area contributed by atoms with Gasteiger partial charge < -0.3 is 5.11 Å². The van der Waals surface area contributed by atoms with Crippen molar-refractivity contribution >= 4 is 23.9 Å². The van der Waals surface area contributed by atoms with Gasteiger partial charge in [0.1, 0.15) is 0 Å². The van der Waals surface area contributed by atoms with Crippen molar-refractivity contribution in [1.29, 1.82) is 0 Å². The molecule has 1 aliphatic heterocycles. The standard InChI is InChI=1S/C9H7ClN2O3/c10-8-7-4-2-1-3-6(7)5-11-12(8,15)9(13)14/h1-5,8,15H/p+1. The van der Waals surface area contributed by atoms with Crippen LogP contribution in [0.2, 0.25) is 0 Å². The summed E-state index contributed by atoms with van der Waals surface area (Å²) in [4.78, 5) is 10.8. The number of benzene rings is 1. The summed E-state index contributed by atoms with van der Waals surface area (Å²) in [5.74, 6) is 0. The van der Waals surface area contributed by atoms with Crippen molar-refractivity contribution < 1.29 is 19.9 Å². The second-order valence-corrected chi connectivity index (χ2v) is 3.55. The molecule has 1 aromatic carbocycles. The lowest BCUT2D eigenvalue weighted by molar-refractivity contribution is -1.06. The van der Waals surface area contributed by atoms with E-state index in [1.165, 1.54) is 6.21 Å². The topological polar surface area (TPSA) is 69.9 Å². The fraction of sp³-hybridized carbons (Fsp3) is 0.111. The molecule has 5 nitrogen and oxygen atoms in total. The molecule has 2 rings (SSSR count). The Morgan fingerprint density at radius 2 is 2.13 bits per heavy atom. The molecule has 0 aliphatic carbocycles. The highest BCUT2D eigenvalue weighted by molar-refractivity contribution is 6.20. The average molecular weight is 228 g/mol. The summed E-state index contributed by atoms with van der Waals surface area (Å²) in [6, 6.07) is 6.91. The van der Waals surface area contributed by atoms with E-state index in [0.717, 1.165) is 0 Å². The molecule has 6 heteroatoms. The second-order valence-electron chi connectivity index (χ2n) is 3.14. The molecule has 15 heavy (non-hydrogen) atoms. The number of hydroxylamine groups is 2. The average Bonchev–Trinajstić information content (AvgIpc) is 2.24. The van der Waals surface area contributed by atoms with Crippen molar-refractivity contribution in [1.82, 2.24) is 0 Å². The fourth-order valence-electron chi connectivity index (χ4n) is 1.39. The Hall–Kier alpha value is -1.43. The summed E-state index contributed by atoms with van der Waals surface area (Å²) in [7, 11) is 0. The number of rotatable bonds is 0. The van der Waals surface area contributed by atoms with Crippen molar-refractivity contribution in [3.8, 4) is 0 Å². The van der Waals surface area contributed by atoms with E-state index in [1.54, 1.807) is 24.3 Å². The molecule has 2 N–H and O–H groups in total. The fourth-order valence-corrected chi connectivity index (χ4v) is 1.73. The molecule has 2 unspecified atom stereocenters. The van der Waals surface area contributed by atoms with Crippen LogP contribution in [0.5, 0.6) is 0 Å². The first-order valence-corrected chi connectivity index (χ1v) is 4.63. The molecule has 0 bridgehead atoms. The largest absolute Gasteiger partial charge is 0.577 e. The lowest BCUT2D eigenvalue weighted by atomic mass is 10.1. The van der Waals surface area contributed by atoms with E-state index in [1.807, 2.05) is 0 Å². The Morgan fingerprint density at radius 1 is 1.47 bits per heavy atom. The van der Waals surface area contributed by atoms with Crippen molar-refractivity contribution in [3.05, 3.63) is 35.4 Å². The predicted molar refractivity (Wildman–Crippen MR) is 52.7 cm³/mol. The van der Waals surface area contributed by atoms with Gasteiger partial charge >= 0.3 is 6.09 Å². The lowest BCUT2D eigenvalue weighted by Gasteiger charge is -2.25. The number of alkyl halides is 1.